The Morgan fingerprint density at radius 3 is 2.27 bits per heavy atom. The van der Waals surface area contributed by atoms with Crippen molar-refractivity contribution in [3.63, 3.8) is 0 Å². The van der Waals surface area contributed by atoms with Gasteiger partial charge in [-0.05, 0) is 49.4 Å². The monoisotopic (exact) mass is 457 g/mol. The zero-order valence-electron chi connectivity index (χ0n) is 18.1. The highest BCUT2D eigenvalue weighted by atomic mass is 32.2. The van der Waals surface area contributed by atoms with Crippen molar-refractivity contribution in [1.82, 2.24) is 5.32 Å². The van der Waals surface area contributed by atoms with Crippen LogP contribution in [0.4, 0.5) is 11.4 Å². The molecule has 3 aromatic rings. The van der Waals surface area contributed by atoms with E-state index in [9.17, 15) is 13.2 Å². The van der Waals surface area contributed by atoms with E-state index in [-0.39, 0.29) is 27.4 Å². The first-order chi connectivity index (χ1) is 15.7. The van der Waals surface area contributed by atoms with Gasteiger partial charge in [-0.15, -0.1) is 0 Å². The lowest BCUT2D eigenvalue weighted by molar-refractivity contribution is -0.0807. The summed E-state index contributed by atoms with van der Waals surface area (Å²) in [5, 5.41) is 3.16. The van der Waals surface area contributed by atoms with E-state index in [1.165, 1.54) is 29.8 Å². The Bertz CT molecular complexity index is 1370. The molecule has 6 nitrogen and oxygen atoms in total. The molecule has 166 valence electrons. The quantitative estimate of drug-likeness (QED) is 0.514. The lowest BCUT2D eigenvalue weighted by atomic mass is 9.37. The molecule has 0 atom stereocenters. The van der Waals surface area contributed by atoms with Crippen molar-refractivity contribution in [2.45, 2.75) is 42.0 Å². The molecule has 3 aromatic carbocycles. The van der Waals surface area contributed by atoms with E-state index < -0.39 is 10.0 Å². The number of nitrogens with zero attached hydrogens (tertiary/aromatic N) is 1. The fraction of sp³-hybridized carbons (Fsp3) is 0.231. The third-order valence-corrected chi connectivity index (χ3v) is 8.12. The van der Waals surface area contributed by atoms with E-state index in [4.69, 9.17) is 6.57 Å². The summed E-state index contributed by atoms with van der Waals surface area (Å²) < 4.78 is 28.4. The molecule has 3 aliphatic carbocycles. The summed E-state index contributed by atoms with van der Waals surface area (Å²) in [6.07, 6.45) is 2.70. The second-order valence-electron chi connectivity index (χ2n) is 9.17. The van der Waals surface area contributed by atoms with Gasteiger partial charge in [-0.2, -0.15) is 0 Å². The smallest absolute Gasteiger partial charge is 0.261 e. The third kappa shape index (κ3) is 3.66. The number of nitrogens with one attached hydrogen (secondary N) is 2. The molecule has 0 radical (unpaired) electrons. The van der Waals surface area contributed by atoms with E-state index in [2.05, 4.69) is 27.0 Å². The molecule has 0 aliphatic heterocycles. The first-order valence-electron chi connectivity index (χ1n) is 10.7. The Kier molecular flexibility index (Phi) is 4.80. The number of hydrogen-bond acceptors (Lipinski definition) is 3. The Morgan fingerprint density at radius 1 is 0.970 bits per heavy atom. The first-order valence-corrected chi connectivity index (χ1v) is 12.2. The van der Waals surface area contributed by atoms with Gasteiger partial charge in [0.1, 0.15) is 0 Å². The maximum atomic E-state index is 13.2. The molecule has 3 aliphatic rings. The summed E-state index contributed by atoms with van der Waals surface area (Å²) in [6, 6.07) is 21.2. The molecule has 2 bridgehead atoms. The molecule has 0 spiro atoms. The summed E-state index contributed by atoms with van der Waals surface area (Å²) in [5.74, 6) is -0.280. The maximum absolute atomic E-state index is 13.2. The fourth-order valence-corrected chi connectivity index (χ4v) is 6.24. The second kappa shape index (κ2) is 7.46. The normalized spacial score (nSPS) is 22.9. The molecular formula is C26H23N3O3S. The van der Waals surface area contributed by atoms with Crippen LogP contribution >= 0.6 is 0 Å². The molecule has 0 saturated heterocycles. The highest BCUT2D eigenvalue weighted by Gasteiger charge is 2.68. The Morgan fingerprint density at radius 2 is 1.64 bits per heavy atom. The average Bonchev–Trinajstić information content (AvgIpc) is 2.75. The maximum Gasteiger partial charge on any atom is 0.261 e. The van der Waals surface area contributed by atoms with Crippen LogP contribution in [0.1, 0.15) is 40.7 Å². The Balaban J connectivity index is 1.34. The number of hydrogen-bond donors (Lipinski definition) is 2. The lowest BCUT2D eigenvalue weighted by Crippen LogP contribution is -2.76. The van der Waals surface area contributed by atoms with Crippen LogP contribution in [0.5, 0.6) is 0 Å². The number of carbonyl (C=O) groups excluding carboxylic acids is 1. The standard InChI is InChI=1S/C26H23N3O3S/c1-18-8-13-22(23(14-18)29-33(31,32)21-11-9-20(27-2)10-12-21)24(30)28-26-15-25(16-26,17-26)19-6-4-3-5-7-19/h3-14,29H,15-17H2,1H3,(H,28,30). The van der Waals surface area contributed by atoms with Gasteiger partial charge in [0.25, 0.3) is 15.9 Å². The van der Waals surface area contributed by atoms with Crippen LogP contribution in [0.2, 0.25) is 0 Å². The summed E-state index contributed by atoms with van der Waals surface area (Å²) in [7, 11) is -3.92. The van der Waals surface area contributed by atoms with Crippen molar-refractivity contribution in [3.05, 3.63) is 101 Å². The minimum absolute atomic E-state index is 0.0342. The molecule has 3 fully saturated rings. The molecule has 0 heterocycles. The van der Waals surface area contributed by atoms with Crippen molar-refractivity contribution in [3.8, 4) is 0 Å². The number of sulfonamides is 1. The zero-order valence-corrected chi connectivity index (χ0v) is 18.9. The minimum Gasteiger partial charge on any atom is -0.346 e. The van der Waals surface area contributed by atoms with Gasteiger partial charge in [0.05, 0.1) is 22.7 Å². The van der Waals surface area contributed by atoms with Gasteiger partial charge in [0.15, 0.2) is 5.69 Å². The van der Waals surface area contributed by atoms with E-state index in [0.717, 1.165) is 24.8 Å². The highest BCUT2D eigenvalue weighted by Crippen LogP contribution is 2.67. The predicted octanol–water partition coefficient (Wildman–Crippen LogP) is 4.95. The van der Waals surface area contributed by atoms with Crippen LogP contribution in [0.15, 0.2) is 77.7 Å². The fourth-order valence-electron chi connectivity index (χ4n) is 5.17. The number of anilines is 1. The van der Waals surface area contributed by atoms with Crippen LogP contribution in [0.25, 0.3) is 4.85 Å². The molecule has 7 heteroatoms. The number of benzene rings is 3. The number of aryl methyl sites for hydroxylation is 1. The summed E-state index contributed by atoms with van der Waals surface area (Å²) >= 11 is 0. The molecule has 0 aromatic heterocycles. The van der Waals surface area contributed by atoms with Crippen molar-refractivity contribution in [2.24, 2.45) is 0 Å². The van der Waals surface area contributed by atoms with Crippen LogP contribution in [0.3, 0.4) is 0 Å². The van der Waals surface area contributed by atoms with Crippen LogP contribution in [0, 0.1) is 13.5 Å². The van der Waals surface area contributed by atoms with Crippen molar-refractivity contribution in [1.29, 1.82) is 0 Å². The van der Waals surface area contributed by atoms with Gasteiger partial charge in [-0.3, -0.25) is 9.52 Å². The largest absolute Gasteiger partial charge is 0.346 e. The minimum atomic E-state index is -3.92. The molecule has 33 heavy (non-hydrogen) atoms. The van der Waals surface area contributed by atoms with E-state index in [0.29, 0.717) is 11.3 Å². The molecule has 6 rings (SSSR count). The van der Waals surface area contributed by atoms with Crippen LogP contribution in [-0.4, -0.2) is 19.9 Å². The lowest BCUT2D eigenvalue weighted by Gasteiger charge is -2.71. The van der Waals surface area contributed by atoms with E-state index in [1.54, 1.807) is 18.2 Å². The average molecular weight is 458 g/mol. The number of rotatable bonds is 6. The Hall–Kier alpha value is -3.63. The van der Waals surface area contributed by atoms with E-state index in [1.807, 2.05) is 25.1 Å². The van der Waals surface area contributed by atoms with Gasteiger partial charge >= 0.3 is 0 Å². The molecule has 3 saturated carbocycles. The topological polar surface area (TPSA) is 79.6 Å². The predicted molar refractivity (Wildman–Crippen MR) is 127 cm³/mol. The van der Waals surface area contributed by atoms with Gasteiger partial charge in [0, 0.05) is 11.0 Å². The SMILES string of the molecule is [C-]#[N+]c1ccc(S(=O)(=O)Nc2cc(C)ccc2C(=O)NC23CC(c4ccccc4)(C2)C3)cc1. The Labute approximate surface area is 193 Å². The van der Waals surface area contributed by atoms with Crippen LogP contribution < -0.4 is 10.0 Å². The zero-order chi connectivity index (χ0) is 23.3. The molecular weight excluding hydrogens is 434 g/mol. The van der Waals surface area contributed by atoms with Gasteiger partial charge < -0.3 is 5.32 Å². The summed E-state index contributed by atoms with van der Waals surface area (Å²) in [5.41, 5.74) is 2.98. The summed E-state index contributed by atoms with van der Waals surface area (Å²) in [4.78, 5) is 16.5. The first kappa shape index (κ1) is 21.2. The van der Waals surface area contributed by atoms with Crippen LogP contribution in [-0.2, 0) is 15.4 Å². The molecule has 0 unspecified atom stereocenters. The number of carbonyl (C=O) groups is 1. The van der Waals surface area contributed by atoms with Gasteiger partial charge in [0.2, 0.25) is 0 Å². The van der Waals surface area contributed by atoms with Gasteiger partial charge in [-0.1, -0.05) is 60.7 Å². The van der Waals surface area contributed by atoms with Crippen molar-refractivity contribution in [2.75, 3.05) is 4.72 Å². The van der Waals surface area contributed by atoms with E-state index >= 15 is 0 Å². The summed E-state index contributed by atoms with van der Waals surface area (Å²) in [6.45, 7) is 8.86. The van der Waals surface area contributed by atoms with Gasteiger partial charge in [-0.25, -0.2) is 13.3 Å². The highest BCUT2D eigenvalue weighted by molar-refractivity contribution is 7.92. The molecule has 1 amide bonds. The van der Waals surface area contributed by atoms with Crippen molar-refractivity contribution >= 4 is 27.3 Å². The molecule has 2 N–H and O–H groups in total. The van der Waals surface area contributed by atoms with Crippen molar-refractivity contribution < 1.29 is 13.2 Å². The number of amides is 1. The third-order valence-electron chi connectivity index (χ3n) is 6.74. The second-order valence-corrected chi connectivity index (χ2v) is 10.9.